The molecule has 0 aliphatic carbocycles. The lowest BCUT2D eigenvalue weighted by atomic mass is 10.3. The van der Waals surface area contributed by atoms with Gasteiger partial charge >= 0.3 is 0 Å². The van der Waals surface area contributed by atoms with Gasteiger partial charge in [0.15, 0.2) is 11.5 Å². The Labute approximate surface area is 174 Å². The van der Waals surface area contributed by atoms with Crippen molar-refractivity contribution in [3.8, 4) is 11.5 Å². The average Bonchev–Trinajstić information content (AvgIpc) is 3.17. The molecule has 3 heterocycles. The molecule has 2 aliphatic heterocycles. The third-order valence-electron chi connectivity index (χ3n) is 4.85. The summed E-state index contributed by atoms with van der Waals surface area (Å²) >= 11 is 1.62. The van der Waals surface area contributed by atoms with Crippen LogP contribution in [0.1, 0.15) is 9.75 Å². The standard InChI is InChI=1S/C20H22N2O5S2/c1-15-2-3-16(28-15)4-7-20(23)21-8-10-22(11-9-21)29(24,25)17-5-6-18-19(14-17)27-13-12-26-18/h2-7,14H,8-13H2,1H3. The first-order valence-corrected chi connectivity index (χ1v) is 11.6. The molecule has 0 N–H and O–H groups in total. The second-order valence-corrected chi connectivity index (χ2v) is 10.1. The Bertz CT molecular complexity index is 1040. The van der Waals surface area contributed by atoms with Crippen LogP contribution in [0.15, 0.2) is 41.3 Å². The van der Waals surface area contributed by atoms with Gasteiger partial charge in [-0.15, -0.1) is 11.3 Å². The van der Waals surface area contributed by atoms with Gasteiger partial charge in [-0.25, -0.2) is 8.42 Å². The summed E-state index contributed by atoms with van der Waals surface area (Å²) in [7, 11) is -3.65. The van der Waals surface area contributed by atoms with Gasteiger partial charge < -0.3 is 14.4 Å². The maximum absolute atomic E-state index is 13.0. The van der Waals surface area contributed by atoms with Crippen LogP contribution in [0.4, 0.5) is 0 Å². The first-order chi connectivity index (χ1) is 13.9. The number of fused-ring (bicyclic) bond motifs is 1. The molecule has 1 aromatic carbocycles. The summed E-state index contributed by atoms with van der Waals surface area (Å²) in [4.78, 5) is 16.5. The van der Waals surface area contributed by atoms with Crippen molar-refractivity contribution in [2.45, 2.75) is 11.8 Å². The molecule has 4 rings (SSSR count). The maximum Gasteiger partial charge on any atom is 0.246 e. The van der Waals surface area contributed by atoms with Crippen molar-refractivity contribution in [1.82, 2.24) is 9.21 Å². The van der Waals surface area contributed by atoms with E-state index in [4.69, 9.17) is 9.47 Å². The highest BCUT2D eigenvalue weighted by Crippen LogP contribution is 2.33. The molecule has 1 saturated heterocycles. The molecule has 154 valence electrons. The zero-order chi connectivity index (χ0) is 20.4. The lowest BCUT2D eigenvalue weighted by Crippen LogP contribution is -2.50. The third kappa shape index (κ3) is 4.31. The summed E-state index contributed by atoms with van der Waals surface area (Å²) in [5.74, 6) is 0.894. The minimum Gasteiger partial charge on any atom is -0.486 e. The SMILES string of the molecule is Cc1ccc(C=CC(=O)N2CCN(S(=O)(=O)c3ccc4c(c3)OCCO4)CC2)s1. The first kappa shape index (κ1) is 19.9. The molecule has 0 saturated carbocycles. The van der Waals surface area contributed by atoms with E-state index in [2.05, 4.69) is 0 Å². The largest absolute Gasteiger partial charge is 0.486 e. The average molecular weight is 435 g/mol. The fraction of sp³-hybridized carbons (Fsp3) is 0.350. The predicted molar refractivity (Wildman–Crippen MR) is 111 cm³/mol. The van der Waals surface area contributed by atoms with Gasteiger partial charge in [0.2, 0.25) is 15.9 Å². The monoisotopic (exact) mass is 434 g/mol. The molecule has 0 radical (unpaired) electrons. The molecule has 1 amide bonds. The van der Waals surface area contributed by atoms with Crippen LogP contribution in [0.2, 0.25) is 0 Å². The van der Waals surface area contributed by atoms with E-state index >= 15 is 0 Å². The second-order valence-electron chi connectivity index (χ2n) is 6.82. The van der Waals surface area contributed by atoms with Crippen LogP contribution in [-0.4, -0.2) is 62.9 Å². The lowest BCUT2D eigenvalue weighted by Gasteiger charge is -2.33. The molecule has 1 aromatic heterocycles. The van der Waals surface area contributed by atoms with Crippen molar-refractivity contribution in [3.63, 3.8) is 0 Å². The Kier molecular flexibility index (Phi) is 5.62. The highest BCUT2D eigenvalue weighted by molar-refractivity contribution is 7.89. The van der Waals surface area contributed by atoms with E-state index < -0.39 is 10.0 Å². The molecular weight excluding hydrogens is 412 g/mol. The molecule has 9 heteroatoms. The molecule has 29 heavy (non-hydrogen) atoms. The van der Waals surface area contributed by atoms with Crippen LogP contribution < -0.4 is 9.47 Å². The number of piperazine rings is 1. The highest BCUT2D eigenvalue weighted by atomic mass is 32.2. The number of sulfonamides is 1. The van der Waals surface area contributed by atoms with E-state index in [1.807, 2.05) is 19.1 Å². The number of ether oxygens (including phenoxy) is 2. The van der Waals surface area contributed by atoms with E-state index in [-0.39, 0.29) is 23.9 Å². The number of carbonyl (C=O) groups is 1. The highest BCUT2D eigenvalue weighted by Gasteiger charge is 2.30. The van der Waals surface area contributed by atoms with E-state index in [0.717, 1.165) is 4.88 Å². The Balaban J connectivity index is 1.39. The normalized spacial score (nSPS) is 17.6. The summed E-state index contributed by atoms with van der Waals surface area (Å²) in [5.41, 5.74) is 0. The summed E-state index contributed by atoms with van der Waals surface area (Å²) in [5, 5.41) is 0. The van der Waals surface area contributed by atoms with Crippen LogP contribution in [0.3, 0.4) is 0 Å². The molecule has 0 spiro atoms. The number of hydrogen-bond acceptors (Lipinski definition) is 6. The number of amides is 1. The number of benzene rings is 1. The van der Waals surface area contributed by atoms with Crippen LogP contribution >= 0.6 is 11.3 Å². The fourth-order valence-corrected chi connectivity index (χ4v) is 5.50. The smallest absolute Gasteiger partial charge is 0.246 e. The van der Waals surface area contributed by atoms with Gasteiger partial charge in [-0.3, -0.25) is 4.79 Å². The van der Waals surface area contributed by atoms with Crippen molar-refractivity contribution >= 4 is 33.3 Å². The minimum absolute atomic E-state index is 0.104. The Hall–Kier alpha value is -2.36. The summed E-state index contributed by atoms with van der Waals surface area (Å²) in [6.45, 7) is 4.10. The van der Waals surface area contributed by atoms with Crippen molar-refractivity contribution in [2.75, 3.05) is 39.4 Å². The molecule has 0 bridgehead atoms. The molecule has 0 unspecified atom stereocenters. The number of hydrogen-bond donors (Lipinski definition) is 0. The fourth-order valence-electron chi connectivity index (χ4n) is 3.28. The van der Waals surface area contributed by atoms with E-state index in [1.165, 1.54) is 21.3 Å². The first-order valence-electron chi connectivity index (χ1n) is 9.37. The summed E-state index contributed by atoms with van der Waals surface area (Å²) < 4.78 is 38.3. The van der Waals surface area contributed by atoms with Crippen LogP contribution in [-0.2, 0) is 14.8 Å². The van der Waals surface area contributed by atoms with Crippen molar-refractivity contribution < 1.29 is 22.7 Å². The van der Waals surface area contributed by atoms with Crippen molar-refractivity contribution in [1.29, 1.82) is 0 Å². The Morgan fingerprint density at radius 3 is 2.45 bits per heavy atom. The van der Waals surface area contributed by atoms with Gasteiger partial charge in [0, 0.05) is 48.1 Å². The minimum atomic E-state index is -3.65. The Morgan fingerprint density at radius 1 is 1.03 bits per heavy atom. The van der Waals surface area contributed by atoms with Crippen LogP contribution in [0, 0.1) is 6.92 Å². The molecular formula is C20H22N2O5S2. The predicted octanol–water partition coefficient (Wildman–Crippen LogP) is 2.37. The number of rotatable bonds is 4. The molecule has 0 atom stereocenters. The zero-order valence-electron chi connectivity index (χ0n) is 16.0. The topological polar surface area (TPSA) is 76.2 Å². The van der Waals surface area contributed by atoms with Gasteiger partial charge in [-0.05, 0) is 37.3 Å². The summed E-state index contributed by atoms with van der Waals surface area (Å²) in [6, 6.07) is 8.65. The van der Waals surface area contributed by atoms with Crippen LogP contribution in [0.5, 0.6) is 11.5 Å². The maximum atomic E-state index is 13.0. The van der Waals surface area contributed by atoms with Gasteiger partial charge in [0.25, 0.3) is 0 Å². The van der Waals surface area contributed by atoms with Gasteiger partial charge in [-0.1, -0.05) is 0 Å². The molecule has 7 nitrogen and oxygen atoms in total. The molecule has 1 fully saturated rings. The van der Waals surface area contributed by atoms with Crippen molar-refractivity contribution in [2.24, 2.45) is 0 Å². The third-order valence-corrected chi connectivity index (χ3v) is 7.71. The number of aryl methyl sites for hydroxylation is 1. The summed E-state index contributed by atoms with van der Waals surface area (Å²) in [6.07, 6.45) is 3.36. The number of carbonyl (C=O) groups excluding carboxylic acids is 1. The molecule has 2 aromatic rings. The van der Waals surface area contributed by atoms with Gasteiger partial charge in [0.1, 0.15) is 13.2 Å². The number of nitrogens with zero attached hydrogens (tertiary/aromatic N) is 2. The zero-order valence-corrected chi connectivity index (χ0v) is 17.7. The number of thiophene rings is 1. The molecule has 2 aliphatic rings. The van der Waals surface area contributed by atoms with Crippen molar-refractivity contribution in [3.05, 3.63) is 46.2 Å². The van der Waals surface area contributed by atoms with E-state index in [1.54, 1.807) is 34.5 Å². The van der Waals surface area contributed by atoms with Gasteiger partial charge in [-0.2, -0.15) is 4.31 Å². The Morgan fingerprint density at radius 2 is 1.76 bits per heavy atom. The van der Waals surface area contributed by atoms with E-state index in [0.29, 0.717) is 37.8 Å². The van der Waals surface area contributed by atoms with Gasteiger partial charge in [0.05, 0.1) is 4.90 Å². The van der Waals surface area contributed by atoms with E-state index in [9.17, 15) is 13.2 Å². The van der Waals surface area contributed by atoms with Crippen LogP contribution in [0.25, 0.3) is 6.08 Å². The second kappa shape index (κ2) is 8.17. The quantitative estimate of drug-likeness (QED) is 0.691. The lowest BCUT2D eigenvalue weighted by molar-refractivity contribution is -0.127.